The van der Waals surface area contributed by atoms with Gasteiger partial charge in [-0.25, -0.2) is 0 Å². The second-order valence-electron chi connectivity index (χ2n) is 5.06. The fourth-order valence-electron chi connectivity index (χ4n) is 2.57. The van der Waals surface area contributed by atoms with E-state index in [1.807, 2.05) is 24.3 Å². The Morgan fingerprint density at radius 2 is 1.83 bits per heavy atom. The molecular weight excluding hydrogens is 337 g/mol. The zero-order valence-electron chi connectivity index (χ0n) is 10.6. The van der Waals surface area contributed by atoms with Crippen molar-refractivity contribution >= 4 is 28.5 Å². The van der Waals surface area contributed by atoms with Crippen molar-refractivity contribution in [2.45, 2.75) is 38.5 Å². The molecule has 0 aromatic heterocycles. The molecule has 2 nitrogen and oxygen atoms in total. The number of hydrogen-bond acceptors (Lipinski definition) is 1. The summed E-state index contributed by atoms with van der Waals surface area (Å²) >= 11 is 2.25. The van der Waals surface area contributed by atoms with Crippen LogP contribution in [-0.2, 0) is 0 Å². The van der Waals surface area contributed by atoms with Crippen molar-refractivity contribution in [2.24, 2.45) is 5.92 Å². The minimum absolute atomic E-state index is 0.0576. The van der Waals surface area contributed by atoms with E-state index in [1.165, 1.54) is 32.1 Å². The molecule has 0 radical (unpaired) electrons. The first-order valence-electron chi connectivity index (χ1n) is 6.79. The van der Waals surface area contributed by atoms with Crippen LogP contribution in [-0.4, -0.2) is 12.5 Å². The van der Waals surface area contributed by atoms with Crippen LogP contribution in [0.3, 0.4) is 0 Å². The van der Waals surface area contributed by atoms with E-state index in [-0.39, 0.29) is 5.91 Å². The molecule has 1 fully saturated rings. The highest BCUT2D eigenvalue weighted by Gasteiger charge is 2.13. The number of halogens is 1. The molecule has 0 saturated heterocycles. The third kappa shape index (κ3) is 4.26. The molecule has 1 saturated carbocycles. The van der Waals surface area contributed by atoms with Crippen molar-refractivity contribution in [3.63, 3.8) is 0 Å². The van der Waals surface area contributed by atoms with Crippen molar-refractivity contribution in [3.05, 3.63) is 33.4 Å². The number of nitrogens with one attached hydrogen (secondary N) is 1. The minimum Gasteiger partial charge on any atom is -0.352 e. The smallest absolute Gasteiger partial charge is 0.251 e. The molecule has 0 spiro atoms. The Balaban J connectivity index is 1.72. The summed E-state index contributed by atoms with van der Waals surface area (Å²) in [4.78, 5) is 11.9. The first kappa shape index (κ1) is 13.8. The van der Waals surface area contributed by atoms with Crippen LogP contribution in [0.25, 0.3) is 0 Å². The van der Waals surface area contributed by atoms with Crippen molar-refractivity contribution in [1.29, 1.82) is 0 Å². The zero-order chi connectivity index (χ0) is 12.8. The zero-order valence-corrected chi connectivity index (χ0v) is 12.8. The summed E-state index contributed by atoms with van der Waals surface area (Å²) in [6.07, 6.45) is 7.96. The Morgan fingerprint density at radius 3 is 2.50 bits per heavy atom. The molecule has 0 heterocycles. The normalized spacial score (nSPS) is 16.5. The summed E-state index contributed by atoms with van der Waals surface area (Å²) in [5.74, 6) is 0.887. The van der Waals surface area contributed by atoms with E-state index >= 15 is 0 Å². The van der Waals surface area contributed by atoms with Gasteiger partial charge >= 0.3 is 0 Å². The molecule has 98 valence electrons. The third-order valence-electron chi connectivity index (χ3n) is 3.67. The summed E-state index contributed by atoms with van der Waals surface area (Å²) in [5, 5.41) is 3.02. The van der Waals surface area contributed by atoms with Crippen LogP contribution in [0.4, 0.5) is 0 Å². The van der Waals surface area contributed by atoms with Gasteiger partial charge in [0.15, 0.2) is 0 Å². The third-order valence-corrected chi connectivity index (χ3v) is 4.39. The van der Waals surface area contributed by atoms with Gasteiger partial charge in [-0.05, 0) is 59.2 Å². The van der Waals surface area contributed by atoms with Gasteiger partial charge in [0.1, 0.15) is 0 Å². The number of amides is 1. The van der Waals surface area contributed by atoms with Crippen LogP contribution in [0, 0.1) is 9.49 Å². The molecular formula is C15H20INO. The van der Waals surface area contributed by atoms with Gasteiger partial charge in [0.2, 0.25) is 0 Å². The quantitative estimate of drug-likeness (QED) is 0.812. The molecule has 3 heteroatoms. The van der Waals surface area contributed by atoms with Crippen LogP contribution >= 0.6 is 22.6 Å². The van der Waals surface area contributed by atoms with Crippen LogP contribution < -0.4 is 5.32 Å². The Bertz CT molecular complexity index is 382. The second kappa shape index (κ2) is 7.12. The first-order chi connectivity index (χ1) is 8.75. The predicted molar refractivity (Wildman–Crippen MR) is 82.7 cm³/mol. The number of rotatable bonds is 4. The van der Waals surface area contributed by atoms with Crippen molar-refractivity contribution in [2.75, 3.05) is 6.54 Å². The molecule has 1 aliphatic carbocycles. The van der Waals surface area contributed by atoms with Gasteiger partial charge < -0.3 is 5.32 Å². The topological polar surface area (TPSA) is 29.1 Å². The molecule has 0 unspecified atom stereocenters. The van der Waals surface area contributed by atoms with E-state index in [4.69, 9.17) is 0 Å². The van der Waals surface area contributed by atoms with Gasteiger partial charge in [0, 0.05) is 15.7 Å². The summed E-state index contributed by atoms with van der Waals surface area (Å²) in [5.41, 5.74) is 0.763. The Labute approximate surface area is 123 Å². The van der Waals surface area contributed by atoms with E-state index in [0.29, 0.717) is 0 Å². The summed E-state index contributed by atoms with van der Waals surface area (Å²) in [7, 11) is 0. The van der Waals surface area contributed by atoms with E-state index in [2.05, 4.69) is 27.9 Å². The van der Waals surface area contributed by atoms with Crippen molar-refractivity contribution < 1.29 is 4.79 Å². The first-order valence-corrected chi connectivity index (χ1v) is 7.87. The van der Waals surface area contributed by atoms with Crippen LogP contribution in [0.1, 0.15) is 48.9 Å². The van der Waals surface area contributed by atoms with E-state index < -0.39 is 0 Å². The molecule has 1 aliphatic rings. The fourth-order valence-corrected chi connectivity index (χ4v) is 2.93. The molecule has 1 N–H and O–H groups in total. The molecule has 0 atom stereocenters. The number of carbonyl (C=O) groups excluding carboxylic acids is 1. The maximum atomic E-state index is 11.9. The fraction of sp³-hybridized carbons (Fsp3) is 0.533. The van der Waals surface area contributed by atoms with Crippen LogP contribution in [0.15, 0.2) is 24.3 Å². The van der Waals surface area contributed by atoms with E-state index in [1.54, 1.807) is 0 Å². The van der Waals surface area contributed by atoms with E-state index in [0.717, 1.165) is 28.0 Å². The molecule has 1 aromatic carbocycles. The van der Waals surface area contributed by atoms with Gasteiger partial charge in [0.25, 0.3) is 5.91 Å². The number of carbonyl (C=O) groups is 1. The van der Waals surface area contributed by atoms with Crippen LogP contribution in [0.2, 0.25) is 0 Å². The van der Waals surface area contributed by atoms with Crippen LogP contribution in [0.5, 0.6) is 0 Å². The van der Waals surface area contributed by atoms with Gasteiger partial charge in [-0.1, -0.05) is 32.1 Å². The van der Waals surface area contributed by atoms with Gasteiger partial charge in [-0.15, -0.1) is 0 Å². The lowest BCUT2D eigenvalue weighted by atomic mass is 9.87. The molecule has 1 amide bonds. The summed E-state index contributed by atoms with van der Waals surface area (Å²) in [6, 6.07) is 7.71. The Hall–Kier alpha value is -0.580. The lowest BCUT2D eigenvalue weighted by Gasteiger charge is -2.21. The van der Waals surface area contributed by atoms with Gasteiger partial charge in [-0.3, -0.25) is 4.79 Å². The summed E-state index contributed by atoms with van der Waals surface area (Å²) in [6.45, 7) is 0.815. The van der Waals surface area contributed by atoms with Gasteiger partial charge in [0.05, 0.1) is 0 Å². The monoisotopic (exact) mass is 357 g/mol. The predicted octanol–water partition coefficient (Wildman–Crippen LogP) is 3.99. The lowest BCUT2D eigenvalue weighted by Crippen LogP contribution is -2.26. The SMILES string of the molecule is O=C(NCCC1CCCCC1)c1ccc(I)cc1. The Morgan fingerprint density at radius 1 is 1.17 bits per heavy atom. The standard InChI is InChI=1S/C15H20INO/c16-14-8-6-13(7-9-14)15(18)17-11-10-12-4-2-1-3-5-12/h6-9,12H,1-5,10-11H2,(H,17,18). The van der Waals surface area contributed by atoms with Crippen molar-refractivity contribution in [1.82, 2.24) is 5.32 Å². The number of hydrogen-bond donors (Lipinski definition) is 1. The average molecular weight is 357 g/mol. The maximum Gasteiger partial charge on any atom is 0.251 e. The molecule has 2 rings (SSSR count). The van der Waals surface area contributed by atoms with E-state index in [9.17, 15) is 4.79 Å². The second-order valence-corrected chi connectivity index (χ2v) is 6.30. The molecule has 1 aromatic rings. The average Bonchev–Trinajstić information content (AvgIpc) is 2.40. The minimum atomic E-state index is 0.0576. The highest BCUT2D eigenvalue weighted by atomic mass is 127. The molecule has 18 heavy (non-hydrogen) atoms. The molecule has 0 aliphatic heterocycles. The molecule has 0 bridgehead atoms. The largest absolute Gasteiger partial charge is 0.352 e. The number of benzene rings is 1. The Kier molecular flexibility index (Phi) is 5.47. The highest BCUT2D eigenvalue weighted by Crippen LogP contribution is 2.25. The van der Waals surface area contributed by atoms with Crippen molar-refractivity contribution in [3.8, 4) is 0 Å². The van der Waals surface area contributed by atoms with Gasteiger partial charge in [-0.2, -0.15) is 0 Å². The lowest BCUT2D eigenvalue weighted by molar-refractivity contribution is 0.0950. The highest BCUT2D eigenvalue weighted by molar-refractivity contribution is 14.1. The summed E-state index contributed by atoms with van der Waals surface area (Å²) < 4.78 is 1.16. The maximum absolute atomic E-state index is 11.9.